The largest absolute Gasteiger partial charge is 0.493 e. The number of amides is 2. The third-order valence-electron chi connectivity index (χ3n) is 9.39. The molecule has 0 aromatic heterocycles. The van der Waals surface area contributed by atoms with E-state index >= 15 is 0 Å². The highest BCUT2D eigenvalue weighted by molar-refractivity contribution is 7.90. The van der Waals surface area contributed by atoms with Crippen LogP contribution < -0.4 is 14.4 Å². The van der Waals surface area contributed by atoms with Gasteiger partial charge in [0.1, 0.15) is 15.4 Å². The number of fused-ring (bicyclic) bond motifs is 1. The van der Waals surface area contributed by atoms with Crippen molar-refractivity contribution in [3.8, 4) is 11.5 Å². The predicted octanol–water partition coefficient (Wildman–Crippen LogP) is 5.70. The number of benzene rings is 2. The molecule has 3 heterocycles. The maximum atomic E-state index is 13.7. The third-order valence-corrected chi connectivity index (χ3v) is 10.3. The fraction of sp³-hybridized carbons (Fsp3) is 0.600. The number of ether oxygens (including phenoxy) is 3. The SMILES string of the molecule is CCOc1cc([C@@H](CS(C)(=O)=O)N2Cc3cc(N4CCC(C5CCN(C(=O)OC(C)(C)C)CC5)CC4)ccc3C2=O)ccc1OC. The molecule has 2 aromatic carbocycles. The summed E-state index contributed by atoms with van der Waals surface area (Å²) in [5.41, 5.74) is 2.83. The number of rotatable bonds is 9. The second-order valence-electron chi connectivity index (χ2n) is 13.9. The maximum absolute atomic E-state index is 13.7. The molecule has 0 bridgehead atoms. The van der Waals surface area contributed by atoms with E-state index in [1.165, 1.54) is 6.26 Å². The van der Waals surface area contributed by atoms with E-state index in [1.54, 1.807) is 24.1 Å². The molecule has 3 aliphatic rings. The number of nitrogens with zero attached hydrogens (tertiary/aromatic N) is 3. The van der Waals surface area contributed by atoms with Gasteiger partial charge in [-0.15, -0.1) is 0 Å². The van der Waals surface area contributed by atoms with Crippen LogP contribution in [-0.4, -0.2) is 87.7 Å². The molecule has 5 rings (SSSR count). The molecule has 0 N–H and O–H groups in total. The molecule has 11 heteroatoms. The first-order valence-corrected chi connectivity index (χ1v) is 18.5. The van der Waals surface area contributed by atoms with Crippen LogP contribution in [0.5, 0.6) is 11.5 Å². The van der Waals surface area contributed by atoms with Gasteiger partial charge in [0, 0.05) is 50.2 Å². The molecule has 0 aliphatic carbocycles. The van der Waals surface area contributed by atoms with Crippen molar-refractivity contribution in [1.82, 2.24) is 9.80 Å². The number of hydrogen-bond acceptors (Lipinski definition) is 8. The topological polar surface area (TPSA) is 106 Å². The van der Waals surface area contributed by atoms with Crippen molar-refractivity contribution in [2.75, 3.05) is 56.8 Å². The molecule has 0 unspecified atom stereocenters. The Morgan fingerprint density at radius 3 is 2.20 bits per heavy atom. The van der Waals surface area contributed by atoms with Crippen LogP contribution in [0.1, 0.15) is 80.9 Å². The van der Waals surface area contributed by atoms with Gasteiger partial charge in [-0.1, -0.05) is 6.07 Å². The molecule has 3 aliphatic heterocycles. The standard InChI is InChI=1S/C35H49N3O7S/c1-7-44-32-21-26(8-11-31(32)43-5)30(23-46(6,41)42)38-22-27-20-28(9-10-29(27)33(38)39)36-16-12-24(13-17-36)25-14-18-37(19-15-25)34(40)45-35(2,3)4/h8-11,20-21,24-25,30H,7,12-19,22-23H2,1-6H3/t30-/m1/s1. The zero-order valence-corrected chi connectivity index (χ0v) is 28.9. The van der Waals surface area contributed by atoms with Gasteiger partial charge in [-0.3, -0.25) is 4.79 Å². The first-order valence-electron chi connectivity index (χ1n) is 16.4. The van der Waals surface area contributed by atoms with Crippen LogP contribution >= 0.6 is 0 Å². The summed E-state index contributed by atoms with van der Waals surface area (Å²) in [5.74, 6) is 1.96. The summed E-state index contributed by atoms with van der Waals surface area (Å²) < 4.78 is 41.9. The van der Waals surface area contributed by atoms with Crippen molar-refractivity contribution in [1.29, 1.82) is 0 Å². The Kier molecular flexibility index (Phi) is 10.1. The van der Waals surface area contributed by atoms with Crippen LogP contribution in [-0.2, 0) is 21.1 Å². The lowest BCUT2D eigenvalue weighted by Gasteiger charge is -2.41. The first-order chi connectivity index (χ1) is 21.8. The first kappa shape index (κ1) is 33.9. The average molecular weight is 656 g/mol. The Hall–Kier alpha value is -3.47. The Labute approximate surface area is 273 Å². The minimum absolute atomic E-state index is 0.166. The van der Waals surface area contributed by atoms with Gasteiger partial charge in [0.25, 0.3) is 5.91 Å². The van der Waals surface area contributed by atoms with Crippen LogP contribution in [0.3, 0.4) is 0 Å². The molecular formula is C35H49N3O7S. The number of carbonyl (C=O) groups is 2. The van der Waals surface area contributed by atoms with Gasteiger partial charge >= 0.3 is 6.09 Å². The van der Waals surface area contributed by atoms with Gasteiger partial charge in [-0.05, 0) is 107 Å². The smallest absolute Gasteiger partial charge is 0.410 e. The lowest BCUT2D eigenvalue weighted by molar-refractivity contribution is 0.0152. The minimum atomic E-state index is -3.42. The summed E-state index contributed by atoms with van der Waals surface area (Å²) in [4.78, 5) is 32.1. The van der Waals surface area contributed by atoms with E-state index in [9.17, 15) is 18.0 Å². The lowest BCUT2D eigenvalue weighted by atomic mass is 9.79. The van der Waals surface area contributed by atoms with Crippen LogP contribution in [0, 0.1) is 11.8 Å². The molecule has 10 nitrogen and oxygen atoms in total. The van der Waals surface area contributed by atoms with E-state index in [0.717, 1.165) is 63.1 Å². The third kappa shape index (κ3) is 7.90. The zero-order valence-electron chi connectivity index (χ0n) is 28.1. The van der Waals surface area contributed by atoms with Gasteiger partial charge in [-0.25, -0.2) is 13.2 Å². The second-order valence-corrected chi connectivity index (χ2v) is 16.0. The fourth-order valence-corrected chi connectivity index (χ4v) is 8.05. The Morgan fingerprint density at radius 2 is 1.61 bits per heavy atom. The molecule has 0 saturated carbocycles. The Balaban J connectivity index is 1.24. The van der Waals surface area contributed by atoms with Crippen LogP contribution in [0.25, 0.3) is 0 Å². The number of anilines is 1. The second kappa shape index (κ2) is 13.7. The highest BCUT2D eigenvalue weighted by atomic mass is 32.2. The molecule has 2 amide bonds. The van der Waals surface area contributed by atoms with E-state index in [1.807, 2.05) is 50.8 Å². The predicted molar refractivity (Wildman–Crippen MR) is 178 cm³/mol. The number of piperidine rings is 2. The maximum Gasteiger partial charge on any atom is 0.410 e. The van der Waals surface area contributed by atoms with E-state index in [-0.39, 0.29) is 17.8 Å². The normalized spacial score (nSPS) is 18.8. The van der Waals surface area contributed by atoms with Gasteiger partial charge in [0.2, 0.25) is 0 Å². The molecule has 0 radical (unpaired) electrons. The summed E-state index contributed by atoms with van der Waals surface area (Å²) in [6.07, 6.45) is 5.19. The average Bonchev–Trinajstić information content (AvgIpc) is 3.34. The highest BCUT2D eigenvalue weighted by Crippen LogP contribution is 2.39. The van der Waals surface area contributed by atoms with Crippen molar-refractivity contribution in [3.05, 3.63) is 53.1 Å². The highest BCUT2D eigenvalue weighted by Gasteiger charge is 2.37. The Morgan fingerprint density at radius 1 is 0.957 bits per heavy atom. The van der Waals surface area contributed by atoms with Crippen molar-refractivity contribution in [2.24, 2.45) is 11.8 Å². The van der Waals surface area contributed by atoms with Gasteiger partial charge in [0.15, 0.2) is 11.5 Å². The number of hydrogen-bond donors (Lipinski definition) is 0. The summed E-state index contributed by atoms with van der Waals surface area (Å²) in [5, 5.41) is 0. The molecule has 1 atom stereocenters. The van der Waals surface area contributed by atoms with E-state index in [0.29, 0.717) is 47.6 Å². The van der Waals surface area contributed by atoms with E-state index in [4.69, 9.17) is 14.2 Å². The molecule has 2 saturated heterocycles. The molecule has 2 fully saturated rings. The van der Waals surface area contributed by atoms with Gasteiger partial charge in [-0.2, -0.15) is 0 Å². The summed E-state index contributed by atoms with van der Waals surface area (Å²) >= 11 is 0. The van der Waals surface area contributed by atoms with Crippen LogP contribution in [0.15, 0.2) is 36.4 Å². The number of likely N-dealkylation sites (tertiary alicyclic amines) is 1. The van der Waals surface area contributed by atoms with E-state index in [2.05, 4.69) is 11.0 Å². The summed E-state index contributed by atoms with van der Waals surface area (Å²) in [7, 11) is -1.86. The van der Waals surface area contributed by atoms with Gasteiger partial charge in [0.05, 0.1) is 25.5 Å². The number of sulfone groups is 1. The van der Waals surface area contributed by atoms with Crippen molar-refractivity contribution in [3.63, 3.8) is 0 Å². The fourth-order valence-electron chi connectivity index (χ4n) is 7.11. The zero-order chi connectivity index (χ0) is 33.2. The molecular weight excluding hydrogens is 606 g/mol. The van der Waals surface area contributed by atoms with E-state index < -0.39 is 21.5 Å². The summed E-state index contributed by atoms with van der Waals surface area (Å²) in [6.45, 7) is 11.7. The Bertz CT molecular complexity index is 1520. The number of carbonyl (C=O) groups excluding carboxylic acids is 2. The van der Waals surface area contributed by atoms with Gasteiger partial charge < -0.3 is 28.9 Å². The molecule has 0 spiro atoms. The summed E-state index contributed by atoms with van der Waals surface area (Å²) in [6, 6.07) is 10.7. The van der Waals surface area contributed by atoms with Crippen molar-refractivity contribution < 1.29 is 32.2 Å². The molecule has 2 aromatic rings. The van der Waals surface area contributed by atoms with Crippen LogP contribution in [0.2, 0.25) is 0 Å². The molecule has 252 valence electrons. The van der Waals surface area contributed by atoms with Crippen molar-refractivity contribution >= 4 is 27.5 Å². The van der Waals surface area contributed by atoms with Crippen LogP contribution in [0.4, 0.5) is 10.5 Å². The number of methoxy groups -OCH3 is 1. The lowest BCUT2D eigenvalue weighted by Crippen LogP contribution is -2.44. The van der Waals surface area contributed by atoms with Crippen molar-refractivity contribution in [2.45, 2.75) is 71.6 Å². The monoisotopic (exact) mass is 655 g/mol. The minimum Gasteiger partial charge on any atom is -0.493 e. The molecule has 46 heavy (non-hydrogen) atoms. The quantitative estimate of drug-likeness (QED) is 0.339.